The number of rotatable bonds is 4. The summed E-state index contributed by atoms with van der Waals surface area (Å²) in [6.07, 6.45) is 0.919. The van der Waals surface area contributed by atoms with E-state index >= 15 is 0 Å². The molecule has 0 bridgehead atoms. The van der Waals surface area contributed by atoms with Crippen molar-refractivity contribution in [2.75, 3.05) is 5.32 Å². The van der Waals surface area contributed by atoms with Crippen LogP contribution in [-0.2, 0) is 6.54 Å². The number of anilines is 1. The third-order valence-corrected chi connectivity index (χ3v) is 3.76. The Labute approximate surface area is 134 Å². The van der Waals surface area contributed by atoms with Gasteiger partial charge in [0.05, 0.1) is 11.0 Å². The van der Waals surface area contributed by atoms with Crippen LogP contribution >= 0.6 is 0 Å². The van der Waals surface area contributed by atoms with Gasteiger partial charge in [-0.3, -0.25) is 10.1 Å². The van der Waals surface area contributed by atoms with E-state index in [1.807, 2.05) is 28.8 Å². The average molecular weight is 311 g/mol. The lowest BCUT2D eigenvalue weighted by molar-refractivity contribution is 0.102. The Bertz CT molecular complexity index is 870. The number of fused-ring (bicyclic) bond motifs is 1. The number of hydrogen-bond donors (Lipinski definition) is 1. The second kappa shape index (κ2) is 6.20. The summed E-state index contributed by atoms with van der Waals surface area (Å²) in [6.45, 7) is 4.48. The fourth-order valence-corrected chi connectivity index (χ4v) is 2.53. The summed E-state index contributed by atoms with van der Waals surface area (Å²) < 4.78 is 15.6. The van der Waals surface area contributed by atoms with Crippen molar-refractivity contribution in [1.29, 1.82) is 0 Å². The van der Waals surface area contributed by atoms with E-state index in [9.17, 15) is 9.18 Å². The number of nitrogens with one attached hydrogen (secondary N) is 1. The van der Waals surface area contributed by atoms with Crippen molar-refractivity contribution in [2.45, 2.75) is 26.8 Å². The van der Waals surface area contributed by atoms with Gasteiger partial charge in [0.15, 0.2) is 0 Å². The molecule has 0 spiro atoms. The fraction of sp³-hybridized carbons (Fsp3) is 0.222. The summed E-state index contributed by atoms with van der Waals surface area (Å²) in [5, 5.41) is 2.79. The van der Waals surface area contributed by atoms with E-state index in [2.05, 4.69) is 17.2 Å². The Kier molecular flexibility index (Phi) is 4.10. The van der Waals surface area contributed by atoms with Crippen LogP contribution in [0.25, 0.3) is 11.0 Å². The van der Waals surface area contributed by atoms with Crippen molar-refractivity contribution in [3.05, 3.63) is 59.4 Å². The molecule has 2 aromatic carbocycles. The number of benzene rings is 2. The van der Waals surface area contributed by atoms with Crippen molar-refractivity contribution >= 4 is 22.9 Å². The van der Waals surface area contributed by atoms with E-state index in [4.69, 9.17) is 0 Å². The van der Waals surface area contributed by atoms with Gasteiger partial charge in [0.1, 0.15) is 5.82 Å². The standard InChI is InChI=1S/C18H18FN3O/c1-3-10-22-16-7-5-4-6-15(16)20-18(22)21-17(23)13-9-8-12(2)14(19)11-13/h4-9,11H,3,10H2,1-2H3,(H,20,21,23). The van der Waals surface area contributed by atoms with Crippen molar-refractivity contribution in [3.8, 4) is 0 Å². The number of hydrogen-bond acceptors (Lipinski definition) is 2. The number of para-hydroxylation sites is 2. The first kappa shape index (κ1) is 15.2. The third-order valence-electron chi connectivity index (χ3n) is 3.76. The van der Waals surface area contributed by atoms with Crippen molar-refractivity contribution < 1.29 is 9.18 Å². The number of aromatic nitrogens is 2. The zero-order valence-corrected chi connectivity index (χ0v) is 13.1. The summed E-state index contributed by atoms with van der Waals surface area (Å²) in [5.41, 5.74) is 2.59. The zero-order valence-electron chi connectivity index (χ0n) is 13.1. The number of halogens is 1. The highest BCUT2D eigenvalue weighted by atomic mass is 19.1. The Morgan fingerprint density at radius 3 is 2.78 bits per heavy atom. The normalized spacial score (nSPS) is 10.9. The van der Waals surface area contributed by atoms with E-state index in [0.717, 1.165) is 24.0 Å². The Balaban J connectivity index is 1.95. The number of aryl methyl sites for hydroxylation is 2. The first-order valence-electron chi connectivity index (χ1n) is 7.63. The zero-order chi connectivity index (χ0) is 16.4. The Morgan fingerprint density at radius 1 is 1.26 bits per heavy atom. The second-order valence-corrected chi connectivity index (χ2v) is 5.49. The minimum atomic E-state index is -0.389. The van der Waals surface area contributed by atoms with Gasteiger partial charge in [-0.25, -0.2) is 9.37 Å². The molecular weight excluding hydrogens is 293 g/mol. The molecule has 1 N–H and O–H groups in total. The van der Waals surface area contributed by atoms with Crippen LogP contribution in [0.15, 0.2) is 42.5 Å². The van der Waals surface area contributed by atoms with Gasteiger partial charge in [0, 0.05) is 12.1 Å². The summed E-state index contributed by atoms with van der Waals surface area (Å²) in [4.78, 5) is 16.9. The molecule has 1 amide bonds. The highest BCUT2D eigenvalue weighted by molar-refractivity contribution is 6.04. The molecule has 23 heavy (non-hydrogen) atoms. The highest BCUT2D eigenvalue weighted by Crippen LogP contribution is 2.21. The molecule has 0 aliphatic rings. The van der Waals surface area contributed by atoms with Crippen LogP contribution in [0.4, 0.5) is 10.3 Å². The summed E-state index contributed by atoms with van der Waals surface area (Å²) >= 11 is 0. The largest absolute Gasteiger partial charge is 0.310 e. The minimum absolute atomic E-state index is 0.281. The van der Waals surface area contributed by atoms with Gasteiger partial charge in [-0.15, -0.1) is 0 Å². The maximum absolute atomic E-state index is 13.6. The molecule has 0 fully saturated rings. The van der Waals surface area contributed by atoms with Crippen LogP contribution in [0.5, 0.6) is 0 Å². The van der Waals surface area contributed by atoms with Crippen LogP contribution < -0.4 is 5.32 Å². The lowest BCUT2D eigenvalue weighted by Gasteiger charge is -2.09. The van der Waals surface area contributed by atoms with E-state index in [1.54, 1.807) is 19.1 Å². The maximum Gasteiger partial charge on any atom is 0.258 e. The maximum atomic E-state index is 13.6. The molecule has 5 heteroatoms. The minimum Gasteiger partial charge on any atom is -0.310 e. The molecule has 0 radical (unpaired) electrons. The van der Waals surface area contributed by atoms with Gasteiger partial charge in [0.25, 0.3) is 5.91 Å². The van der Waals surface area contributed by atoms with Crippen LogP contribution in [0, 0.1) is 12.7 Å². The van der Waals surface area contributed by atoms with E-state index in [1.165, 1.54) is 6.07 Å². The van der Waals surface area contributed by atoms with E-state index in [-0.39, 0.29) is 17.3 Å². The van der Waals surface area contributed by atoms with Gasteiger partial charge < -0.3 is 4.57 Å². The quantitative estimate of drug-likeness (QED) is 0.787. The van der Waals surface area contributed by atoms with E-state index < -0.39 is 0 Å². The van der Waals surface area contributed by atoms with Crippen molar-refractivity contribution in [2.24, 2.45) is 0 Å². The van der Waals surface area contributed by atoms with Crippen LogP contribution in [0.1, 0.15) is 29.3 Å². The molecule has 1 heterocycles. The van der Waals surface area contributed by atoms with Gasteiger partial charge in [-0.05, 0) is 43.2 Å². The van der Waals surface area contributed by atoms with Crippen molar-refractivity contribution in [3.63, 3.8) is 0 Å². The number of carbonyl (C=O) groups excluding carboxylic acids is 1. The average Bonchev–Trinajstić information content (AvgIpc) is 2.88. The molecule has 3 aromatic rings. The molecule has 4 nitrogen and oxygen atoms in total. The molecule has 0 aliphatic heterocycles. The number of carbonyl (C=O) groups is 1. The lowest BCUT2D eigenvalue weighted by Crippen LogP contribution is -2.16. The summed E-state index contributed by atoms with van der Waals surface area (Å²) in [6, 6.07) is 12.2. The lowest BCUT2D eigenvalue weighted by atomic mass is 10.1. The summed E-state index contributed by atoms with van der Waals surface area (Å²) in [7, 11) is 0. The smallest absolute Gasteiger partial charge is 0.258 e. The Morgan fingerprint density at radius 2 is 2.04 bits per heavy atom. The number of amides is 1. The predicted molar refractivity (Wildman–Crippen MR) is 89.1 cm³/mol. The van der Waals surface area contributed by atoms with Crippen LogP contribution in [0.3, 0.4) is 0 Å². The third kappa shape index (κ3) is 2.95. The molecule has 0 atom stereocenters. The second-order valence-electron chi connectivity index (χ2n) is 5.49. The van der Waals surface area contributed by atoms with Crippen LogP contribution in [0.2, 0.25) is 0 Å². The van der Waals surface area contributed by atoms with Gasteiger partial charge in [-0.2, -0.15) is 0 Å². The molecule has 0 saturated carbocycles. The molecule has 118 valence electrons. The first-order chi connectivity index (χ1) is 11.1. The van der Waals surface area contributed by atoms with E-state index in [0.29, 0.717) is 11.5 Å². The molecule has 3 rings (SSSR count). The number of imidazole rings is 1. The molecule has 0 saturated heterocycles. The van der Waals surface area contributed by atoms with Crippen LogP contribution in [-0.4, -0.2) is 15.5 Å². The molecule has 0 aliphatic carbocycles. The topological polar surface area (TPSA) is 46.9 Å². The Hall–Kier alpha value is -2.69. The predicted octanol–water partition coefficient (Wildman–Crippen LogP) is 4.15. The number of nitrogens with zero attached hydrogens (tertiary/aromatic N) is 2. The van der Waals surface area contributed by atoms with Crippen molar-refractivity contribution in [1.82, 2.24) is 9.55 Å². The van der Waals surface area contributed by atoms with Gasteiger partial charge in [-0.1, -0.05) is 25.1 Å². The molecule has 0 unspecified atom stereocenters. The monoisotopic (exact) mass is 311 g/mol. The first-order valence-corrected chi connectivity index (χ1v) is 7.63. The SMILES string of the molecule is CCCn1c(NC(=O)c2ccc(C)c(F)c2)nc2ccccc21. The fourth-order valence-electron chi connectivity index (χ4n) is 2.53. The molecular formula is C18H18FN3O. The highest BCUT2D eigenvalue weighted by Gasteiger charge is 2.14. The van der Waals surface area contributed by atoms with Gasteiger partial charge >= 0.3 is 0 Å². The molecule has 1 aromatic heterocycles. The van der Waals surface area contributed by atoms with Gasteiger partial charge in [0.2, 0.25) is 5.95 Å². The summed E-state index contributed by atoms with van der Waals surface area (Å²) in [5.74, 6) is -0.268.